The molecule has 1 aromatic carbocycles. The third-order valence-electron chi connectivity index (χ3n) is 3.92. The molecule has 0 saturated carbocycles. The van der Waals surface area contributed by atoms with Gasteiger partial charge in [-0.25, -0.2) is 13.9 Å². The summed E-state index contributed by atoms with van der Waals surface area (Å²) in [5, 5.41) is 9.13. The van der Waals surface area contributed by atoms with Gasteiger partial charge in [-0.2, -0.15) is 4.31 Å². The number of carbonyl (C=O) groups excluding carboxylic acids is 2. The standard InChI is InChI=1S/C17H27N3O6S/c1-17(2,3)15(16(22)18-23)20(11-14(21)19(4)5)27(24,25)13-9-7-12(26-6)8-10-13/h7-10,15,23H,11H2,1-6H3,(H,18,22)/t15-/m0/s1. The second-order valence-electron chi connectivity index (χ2n) is 7.26. The molecule has 1 atom stereocenters. The lowest BCUT2D eigenvalue weighted by Gasteiger charge is -2.37. The summed E-state index contributed by atoms with van der Waals surface area (Å²) in [5.74, 6) is -0.969. The van der Waals surface area contributed by atoms with Crippen molar-refractivity contribution in [2.24, 2.45) is 5.41 Å². The summed E-state index contributed by atoms with van der Waals surface area (Å²) >= 11 is 0. The Morgan fingerprint density at radius 3 is 2.07 bits per heavy atom. The largest absolute Gasteiger partial charge is 0.497 e. The van der Waals surface area contributed by atoms with E-state index in [0.29, 0.717) is 5.75 Å². The van der Waals surface area contributed by atoms with Crippen molar-refractivity contribution >= 4 is 21.8 Å². The highest BCUT2D eigenvalue weighted by atomic mass is 32.2. The van der Waals surface area contributed by atoms with E-state index in [2.05, 4.69) is 0 Å². The molecule has 10 heteroatoms. The molecular formula is C17H27N3O6S. The summed E-state index contributed by atoms with van der Waals surface area (Å²) in [6, 6.07) is 4.28. The molecule has 0 spiro atoms. The molecule has 0 saturated heterocycles. The van der Waals surface area contributed by atoms with E-state index in [1.165, 1.54) is 55.9 Å². The molecule has 0 aliphatic carbocycles. The number of ether oxygens (including phenoxy) is 1. The normalized spacial score (nSPS) is 13.2. The Labute approximate surface area is 159 Å². The minimum absolute atomic E-state index is 0.102. The van der Waals surface area contributed by atoms with Crippen LogP contribution < -0.4 is 10.2 Å². The molecule has 0 bridgehead atoms. The Morgan fingerprint density at radius 2 is 1.70 bits per heavy atom. The first-order valence-corrected chi connectivity index (χ1v) is 9.60. The summed E-state index contributed by atoms with van der Waals surface area (Å²) < 4.78 is 32.3. The van der Waals surface area contributed by atoms with Crippen molar-refractivity contribution < 1.29 is 28.0 Å². The second kappa shape index (κ2) is 8.68. The number of benzene rings is 1. The minimum atomic E-state index is -4.23. The van der Waals surface area contributed by atoms with E-state index in [4.69, 9.17) is 9.94 Å². The van der Waals surface area contributed by atoms with Crippen LogP contribution in [0, 0.1) is 5.41 Å². The van der Waals surface area contributed by atoms with Crippen molar-refractivity contribution in [1.29, 1.82) is 0 Å². The van der Waals surface area contributed by atoms with Crippen LogP contribution in [0.5, 0.6) is 5.75 Å². The van der Waals surface area contributed by atoms with E-state index in [-0.39, 0.29) is 4.90 Å². The van der Waals surface area contributed by atoms with Crippen LogP contribution in [0.3, 0.4) is 0 Å². The Bertz CT molecular complexity index is 769. The number of carbonyl (C=O) groups is 2. The summed E-state index contributed by atoms with van der Waals surface area (Å²) in [6.45, 7) is 4.37. The second-order valence-corrected chi connectivity index (χ2v) is 9.15. The number of sulfonamides is 1. The molecule has 9 nitrogen and oxygen atoms in total. The molecule has 0 unspecified atom stereocenters. The van der Waals surface area contributed by atoms with Crippen molar-refractivity contribution in [2.45, 2.75) is 31.7 Å². The molecule has 0 radical (unpaired) electrons. The van der Waals surface area contributed by atoms with Crippen LogP contribution in [-0.4, -0.2) is 68.4 Å². The fourth-order valence-corrected chi connectivity index (χ4v) is 4.21. The predicted molar refractivity (Wildman–Crippen MR) is 98.8 cm³/mol. The highest BCUT2D eigenvalue weighted by Gasteiger charge is 2.44. The molecule has 0 aliphatic heterocycles. The van der Waals surface area contributed by atoms with Gasteiger partial charge < -0.3 is 9.64 Å². The highest BCUT2D eigenvalue weighted by Crippen LogP contribution is 2.30. The number of nitrogens with zero attached hydrogens (tertiary/aromatic N) is 2. The van der Waals surface area contributed by atoms with E-state index in [9.17, 15) is 18.0 Å². The van der Waals surface area contributed by atoms with Crippen molar-refractivity contribution in [2.75, 3.05) is 27.7 Å². The fraction of sp³-hybridized carbons (Fsp3) is 0.529. The fourth-order valence-electron chi connectivity index (χ4n) is 2.49. The van der Waals surface area contributed by atoms with E-state index in [1.54, 1.807) is 20.8 Å². The SMILES string of the molecule is COc1ccc(S(=O)(=O)N(CC(=O)N(C)C)[C@@H](C(=O)NO)C(C)(C)C)cc1. The summed E-state index contributed by atoms with van der Waals surface area (Å²) in [6.07, 6.45) is 0. The number of hydroxylamine groups is 1. The summed E-state index contributed by atoms with van der Waals surface area (Å²) in [4.78, 5) is 25.7. The van der Waals surface area contributed by atoms with Crippen LogP contribution in [0.2, 0.25) is 0 Å². The molecule has 2 amide bonds. The molecule has 0 aromatic heterocycles. The van der Waals surface area contributed by atoms with Gasteiger partial charge in [0.1, 0.15) is 11.8 Å². The lowest BCUT2D eigenvalue weighted by molar-refractivity contribution is -0.138. The third kappa shape index (κ3) is 5.41. The van der Waals surface area contributed by atoms with Gasteiger partial charge in [0, 0.05) is 14.1 Å². The molecule has 27 heavy (non-hydrogen) atoms. The van der Waals surface area contributed by atoms with Gasteiger partial charge in [-0.15, -0.1) is 0 Å². The minimum Gasteiger partial charge on any atom is -0.497 e. The zero-order chi connectivity index (χ0) is 21.0. The van der Waals surface area contributed by atoms with E-state index in [0.717, 1.165) is 4.31 Å². The van der Waals surface area contributed by atoms with Gasteiger partial charge in [-0.3, -0.25) is 14.8 Å². The molecule has 2 N–H and O–H groups in total. The zero-order valence-electron chi connectivity index (χ0n) is 16.4. The summed E-state index contributed by atoms with van der Waals surface area (Å²) in [5.41, 5.74) is 0.603. The van der Waals surface area contributed by atoms with E-state index < -0.39 is 39.8 Å². The van der Waals surface area contributed by atoms with Crippen LogP contribution >= 0.6 is 0 Å². The van der Waals surface area contributed by atoms with Crippen molar-refractivity contribution in [1.82, 2.24) is 14.7 Å². The number of methoxy groups -OCH3 is 1. The van der Waals surface area contributed by atoms with Crippen LogP contribution in [0.25, 0.3) is 0 Å². The Balaban J connectivity index is 3.54. The molecule has 1 aromatic rings. The van der Waals surface area contributed by atoms with Gasteiger partial charge in [0.05, 0.1) is 18.6 Å². The van der Waals surface area contributed by atoms with Gasteiger partial charge in [0.25, 0.3) is 5.91 Å². The topological polar surface area (TPSA) is 116 Å². The van der Waals surface area contributed by atoms with Gasteiger partial charge in [-0.05, 0) is 29.7 Å². The van der Waals surface area contributed by atoms with E-state index >= 15 is 0 Å². The first-order valence-electron chi connectivity index (χ1n) is 8.16. The third-order valence-corrected chi connectivity index (χ3v) is 5.75. The smallest absolute Gasteiger partial charge is 0.262 e. The molecule has 1 rings (SSSR count). The van der Waals surface area contributed by atoms with Gasteiger partial charge in [-0.1, -0.05) is 20.8 Å². The van der Waals surface area contributed by atoms with Crippen LogP contribution in [0.15, 0.2) is 29.2 Å². The summed E-state index contributed by atoms with van der Waals surface area (Å²) in [7, 11) is 0.187. The maximum atomic E-state index is 13.3. The number of nitrogens with one attached hydrogen (secondary N) is 1. The number of amides is 2. The van der Waals surface area contributed by atoms with Crippen LogP contribution in [0.1, 0.15) is 20.8 Å². The molecular weight excluding hydrogens is 374 g/mol. The first kappa shape index (κ1) is 22.9. The number of hydrogen-bond donors (Lipinski definition) is 2. The lowest BCUT2D eigenvalue weighted by Crippen LogP contribution is -2.57. The maximum Gasteiger partial charge on any atom is 0.262 e. The molecule has 0 fully saturated rings. The number of rotatable bonds is 7. The van der Waals surface area contributed by atoms with Crippen molar-refractivity contribution in [3.05, 3.63) is 24.3 Å². The average Bonchev–Trinajstić information content (AvgIpc) is 2.59. The molecule has 0 aliphatic rings. The quantitative estimate of drug-likeness (QED) is 0.513. The van der Waals surface area contributed by atoms with Crippen molar-refractivity contribution in [3.63, 3.8) is 0 Å². The molecule has 0 heterocycles. The van der Waals surface area contributed by atoms with Crippen LogP contribution in [0.4, 0.5) is 0 Å². The average molecular weight is 401 g/mol. The zero-order valence-corrected chi connectivity index (χ0v) is 17.2. The van der Waals surface area contributed by atoms with Crippen LogP contribution in [-0.2, 0) is 19.6 Å². The lowest BCUT2D eigenvalue weighted by atomic mass is 9.86. The first-order chi connectivity index (χ1) is 12.4. The van der Waals surface area contributed by atoms with Gasteiger partial charge in [0.15, 0.2) is 0 Å². The number of likely N-dealkylation sites (N-methyl/N-ethyl adjacent to an activating group) is 1. The Kier molecular flexibility index (Phi) is 7.35. The highest BCUT2D eigenvalue weighted by molar-refractivity contribution is 7.89. The maximum absolute atomic E-state index is 13.3. The van der Waals surface area contributed by atoms with Gasteiger partial charge >= 0.3 is 0 Å². The van der Waals surface area contributed by atoms with Gasteiger partial charge in [0.2, 0.25) is 15.9 Å². The predicted octanol–water partition coefficient (Wildman–Crippen LogP) is 0.694. The molecule has 152 valence electrons. The van der Waals surface area contributed by atoms with E-state index in [1.807, 2.05) is 0 Å². The number of hydrogen-bond acceptors (Lipinski definition) is 6. The Morgan fingerprint density at radius 1 is 1.19 bits per heavy atom. The van der Waals surface area contributed by atoms with Crippen molar-refractivity contribution in [3.8, 4) is 5.75 Å². The monoisotopic (exact) mass is 401 g/mol. The Hall–Kier alpha value is -2.17.